The predicted octanol–water partition coefficient (Wildman–Crippen LogP) is 1.80. The van der Waals surface area contributed by atoms with Gasteiger partial charge in [-0.05, 0) is 38.1 Å². The number of nitrogens with one attached hydrogen (secondary N) is 1. The van der Waals surface area contributed by atoms with Crippen molar-refractivity contribution in [2.24, 2.45) is 0 Å². The molecule has 1 aromatic rings. The molecule has 0 amide bonds. The van der Waals surface area contributed by atoms with E-state index in [4.69, 9.17) is 9.72 Å². The summed E-state index contributed by atoms with van der Waals surface area (Å²) in [5, 5.41) is 3.32. The van der Waals surface area contributed by atoms with Crippen LogP contribution in [0.4, 0.5) is 0 Å². The lowest BCUT2D eigenvalue weighted by Crippen LogP contribution is -2.38. The molecule has 1 N–H and O–H groups in total. The molecule has 1 unspecified atom stereocenters. The SMILES string of the molecule is CCNCc1cccc(CN2CCCC(OC)C2)n1. The summed E-state index contributed by atoms with van der Waals surface area (Å²) in [6, 6.07) is 6.30. The Hall–Kier alpha value is -0.970. The van der Waals surface area contributed by atoms with Crippen molar-refractivity contribution in [1.29, 1.82) is 0 Å². The average Bonchev–Trinajstić information content (AvgIpc) is 2.46. The number of rotatable bonds is 6. The topological polar surface area (TPSA) is 37.4 Å². The highest BCUT2D eigenvalue weighted by atomic mass is 16.5. The maximum atomic E-state index is 5.46. The molecular weight excluding hydrogens is 238 g/mol. The Kier molecular flexibility index (Phi) is 5.76. The van der Waals surface area contributed by atoms with Gasteiger partial charge in [-0.2, -0.15) is 0 Å². The number of likely N-dealkylation sites (tertiary alicyclic amines) is 1. The third-order valence-corrected chi connectivity index (χ3v) is 3.60. The molecule has 2 rings (SSSR count). The molecule has 0 radical (unpaired) electrons. The summed E-state index contributed by atoms with van der Waals surface area (Å²) in [5.41, 5.74) is 2.28. The van der Waals surface area contributed by atoms with Crippen LogP contribution in [0.2, 0.25) is 0 Å². The summed E-state index contributed by atoms with van der Waals surface area (Å²) in [6.07, 6.45) is 2.79. The fraction of sp³-hybridized carbons (Fsp3) is 0.667. The average molecular weight is 263 g/mol. The fourth-order valence-electron chi connectivity index (χ4n) is 2.55. The molecule has 2 heterocycles. The Morgan fingerprint density at radius 1 is 1.42 bits per heavy atom. The quantitative estimate of drug-likeness (QED) is 0.849. The molecule has 1 atom stereocenters. The fourth-order valence-corrected chi connectivity index (χ4v) is 2.55. The van der Waals surface area contributed by atoms with Crippen molar-refractivity contribution in [3.05, 3.63) is 29.6 Å². The number of methoxy groups -OCH3 is 1. The molecule has 0 aliphatic carbocycles. The van der Waals surface area contributed by atoms with Gasteiger partial charge >= 0.3 is 0 Å². The lowest BCUT2D eigenvalue weighted by atomic mass is 10.1. The van der Waals surface area contributed by atoms with Crippen LogP contribution in [0.5, 0.6) is 0 Å². The molecule has 1 fully saturated rings. The van der Waals surface area contributed by atoms with E-state index in [-0.39, 0.29) is 0 Å². The Labute approximate surface area is 116 Å². The normalized spacial score (nSPS) is 20.6. The third-order valence-electron chi connectivity index (χ3n) is 3.60. The van der Waals surface area contributed by atoms with Gasteiger partial charge in [0.25, 0.3) is 0 Å². The molecule has 1 aromatic heterocycles. The summed E-state index contributed by atoms with van der Waals surface area (Å²) >= 11 is 0. The lowest BCUT2D eigenvalue weighted by Gasteiger charge is -2.31. The van der Waals surface area contributed by atoms with Crippen molar-refractivity contribution in [2.45, 2.75) is 39.0 Å². The number of hydrogen-bond donors (Lipinski definition) is 1. The Morgan fingerprint density at radius 2 is 2.26 bits per heavy atom. The van der Waals surface area contributed by atoms with E-state index in [9.17, 15) is 0 Å². The monoisotopic (exact) mass is 263 g/mol. The Morgan fingerprint density at radius 3 is 3.05 bits per heavy atom. The minimum Gasteiger partial charge on any atom is -0.380 e. The molecule has 0 saturated carbocycles. The van der Waals surface area contributed by atoms with Gasteiger partial charge in [0.15, 0.2) is 0 Å². The molecule has 4 heteroatoms. The van der Waals surface area contributed by atoms with Gasteiger partial charge in [-0.3, -0.25) is 9.88 Å². The zero-order chi connectivity index (χ0) is 13.5. The summed E-state index contributed by atoms with van der Waals surface area (Å²) in [7, 11) is 1.81. The molecular formula is C15H25N3O. The standard InChI is InChI=1S/C15H25N3O/c1-3-16-10-13-6-4-7-14(17-13)11-18-9-5-8-15(12-18)19-2/h4,6-7,15-16H,3,5,8-12H2,1-2H3. The first kappa shape index (κ1) is 14.4. The minimum absolute atomic E-state index is 0.388. The van der Waals surface area contributed by atoms with Crippen LogP contribution in [0, 0.1) is 0 Å². The molecule has 0 aromatic carbocycles. The van der Waals surface area contributed by atoms with Crippen molar-refractivity contribution in [3.8, 4) is 0 Å². The minimum atomic E-state index is 0.388. The van der Waals surface area contributed by atoms with E-state index in [0.717, 1.165) is 44.1 Å². The van der Waals surface area contributed by atoms with Crippen molar-refractivity contribution in [2.75, 3.05) is 26.7 Å². The highest BCUT2D eigenvalue weighted by Gasteiger charge is 2.19. The first-order valence-corrected chi connectivity index (χ1v) is 7.22. The van der Waals surface area contributed by atoms with Crippen LogP contribution in [0.25, 0.3) is 0 Å². The molecule has 0 spiro atoms. The highest BCUT2D eigenvalue weighted by molar-refractivity contribution is 5.11. The van der Waals surface area contributed by atoms with Crippen LogP contribution in [0.15, 0.2) is 18.2 Å². The first-order valence-electron chi connectivity index (χ1n) is 7.22. The van der Waals surface area contributed by atoms with Crippen molar-refractivity contribution in [1.82, 2.24) is 15.2 Å². The molecule has 1 aliphatic heterocycles. The van der Waals surface area contributed by atoms with E-state index < -0.39 is 0 Å². The van der Waals surface area contributed by atoms with Gasteiger partial charge in [-0.15, -0.1) is 0 Å². The number of piperidine rings is 1. The van der Waals surface area contributed by atoms with Gasteiger partial charge in [0.1, 0.15) is 0 Å². The summed E-state index contributed by atoms with van der Waals surface area (Å²) in [6.45, 7) is 7.05. The molecule has 4 nitrogen and oxygen atoms in total. The second-order valence-electron chi connectivity index (χ2n) is 5.14. The van der Waals surface area contributed by atoms with Crippen LogP contribution in [0.3, 0.4) is 0 Å². The number of aromatic nitrogens is 1. The molecule has 106 valence electrons. The molecule has 1 aliphatic rings. The van der Waals surface area contributed by atoms with E-state index >= 15 is 0 Å². The van der Waals surface area contributed by atoms with Gasteiger partial charge in [-0.25, -0.2) is 0 Å². The second kappa shape index (κ2) is 7.58. The molecule has 0 bridgehead atoms. The van der Waals surface area contributed by atoms with Gasteiger partial charge in [0.05, 0.1) is 17.5 Å². The second-order valence-corrected chi connectivity index (χ2v) is 5.14. The van der Waals surface area contributed by atoms with Gasteiger partial charge in [0, 0.05) is 26.7 Å². The Bertz CT molecular complexity index is 383. The number of ether oxygens (including phenoxy) is 1. The summed E-state index contributed by atoms with van der Waals surface area (Å²) in [4.78, 5) is 7.15. The van der Waals surface area contributed by atoms with E-state index in [1.54, 1.807) is 0 Å². The van der Waals surface area contributed by atoms with E-state index in [0.29, 0.717) is 6.10 Å². The van der Waals surface area contributed by atoms with Crippen LogP contribution >= 0.6 is 0 Å². The summed E-state index contributed by atoms with van der Waals surface area (Å²) < 4.78 is 5.46. The van der Waals surface area contributed by atoms with Crippen molar-refractivity contribution >= 4 is 0 Å². The van der Waals surface area contributed by atoms with Crippen LogP contribution in [-0.2, 0) is 17.8 Å². The van der Waals surface area contributed by atoms with E-state index in [1.807, 2.05) is 7.11 Å². The highest BCUT2D eigenvalue weighted by Crippen LogP contribution is 2.14. The maximum absolute atomic E-state index is 5.46. The molecule has 1 saturated heterocycles. The first-order chi connectivity index (χ1) is 9.31. The lowest BCUT2D eigenvalue weighted by molar-refractivity contribution is 0.0281. The molecule has 19 heavy (non-hydrogen) atoms. The predicted molar refractivity (Wildman–Crippen MR) is 76.9 cm³/mol. The van der Waals surface area contributed by atoms with E-state index in [2.05, 4.69) is 35.3 Å². The van der Waals surface area contributed by atoms with Gasteiger partial charge < -0.3 is 10.1 Å². The Balaban J connectivity index is 1.90. The van der Waals surface area contributed by atoms with Crippen LogP contribution < -0.4 is 5.32 Å². The third kappa shape index (κ3) is 4.56. The van der Waals surface area contributed by atoms with Crippen molar-refractivity contribution < 1.29 is 4.74 Å². The number of pyridine rings is 1. The zero-order valence-corrected chi connectivity index (χ0v) is 12.1. The number of hydrogen-bond acceptors (Lipinski definition) is 4. The van der Waals surface area contributed by atoms with Gasteiger partial charge in [0.2, 0.25) is 0 Å². The van der Waals surface area contributed by atoms with Gasteiger partial charge in [-0.1, -0.05) is 13.0 Å². The van der Waals surface area contributed by atoms with Crippen LogP contribution in [0.1, 0.15) is 31.2 Å². The van der Waals surface area contributed by atoms with Crippen molar-refractivity contribution in [3.63, 3.8) is 0 Å². The largest absolute Gasteiger partial charge is 0.380 e. The van der Waals surface area contributed by atoms with E-state index in [1.165, 1.54) is 12.8 Å². The maximum Gasteiger partial charge on any atom is 0.0698 e. The smallest absolute Gasteiger partial charge is 0.0698 e. The summed E-state index contributed by atoms with van der Waals surface area (Å²) in [5.74, 6) is 0. The zero-order valence-electron chi connectivity index (χ0n) is 12.1. The number of nitrogens with zero attached hydrogens (tertiary/aromatic N) is 2. The van der Waals surface area contributed by atoms with Crippen LogP contribution in [-0.4, -0.2) is 42.7 Å².